The van der Waals surface area contributed by atoms with Crippen LogP contribution in [0.1, 0.15) is 45.8 Å². The zero-order valence-corrected chi connectivity index (χ0v) is 18.5. The number of carbonyl (C=O) groups excluding carboxylic acids is 1. The summed E-state index contributed by atoms with van der Waals surface area (Å²) in [5.74, 6) is 1.08. The van der Waals surface area contributed by atoms with E-state index in [0.29, 0.717) is 43.5 Å². The molecule has 1 atom stereocenters. The first-order chi connectivity index (χ1) is 15.7. The molecule has 0 aromatic heterocycles. The van der Waals surface area contributed by atoms with Crippen molar-refractivity contribution < 1.29 is 19.4 Å². The van der Waals surface area contributed by atoms with Gasteiger partial charge in [-0.15, -0.1) is 0 Å². The van der Waals surface area contributed by atoms with Crippen LogP contribution in [0.3, 0.4) is 0 Å². The van der Waals surface area contributed by atoms with Gasteiger partial charge in [0.25, 0.3) is 5.91 Å². The Morgan fingerprint density at radius 3 is 2.66 bits per heavy atom. The maximum atomic E-state index is 13.2. The zero-order valence-electron chi connectivity index (χ0n) is 18.5. The molecule has 1 fully saturated rings. The van der Waals surface area contributed by atoms with Gasteiger partial charge in [0.05, 0.1) is 18.2 Å². The molecule has 6 nitrogen and oxygen atoms in total. The average molecular weight is 437 g/mol. The molecule has 0 saturated carbocycles. The number of hydrogen-bond acceptors (Lipinski definition) is 5. The van der Waals surface area contributed by atoms with E-state index in [9.17, 15) is 9.90 Å². The van der Waals surface area contributed by atoms with E-state index in [2.05, 4.69) is 35.2 Å². The minimum Gasteiger partial charge on any atom is -0.491 e. The van der Waals surface area contributed by atoms with Crippen molar-refractivity contribution in [3.05, 3.63) is 64.7 Å². The Hall–Kier alpha value is -2.41. The summed E-state index contributed by atoms with van der Waals surface area (Å²) in [4.78, 5) is 17.2. The smallest absolute Gasteiger partial charge is 0.257 e. The molecule has 1 amide bonds. The normalized spacial score (nSPS) is 20.8. The van der Waals surface area contributed by atoms with E-state index in [0.717, 1.165) is 45.6 Å². The van der Waals surface area contributed by atoms with Crippen LogP contribution in [0.15, 0.2) is 42.5 Å². The summed E-state index contributed by atoms with van der Waals surface area (Å²) in [5.41, 5.74) is 4.55. The fourth-order valence-corrected chi connectivity index (χ4v) is 5.15. The number of hydrogen-bond donors (Lipinski definition) is 1. The third-order valence-electron chi connectivity index (χ3n) is 6.94. The van der Waals surface area contributed by atoms with E-state index in [1.54, 1.807) is 4.90 Å². The lowest BCUT2D eigenvalue weighted by molar-refractivity contribution is 0.0501. The number of nitrogens with zero attached hydrogens (tertiary/aromatic N) is 2. The molecule has 32 heavy (non-hydrogen) atoms. The van der Waals surface area contributed by atoms with Gasteiger partial charge in [-0.2, -0.15) is 0 Å². The number of β-amino-alcohol motifs (C(OH)–C–C–N with tert-alkyl or cyclic N) is 1. The number of carbonyl (C=O) groups is 1. The number of ether oxygens (including phenoxy) is 2. The first-order valence-corrected chi connectivity index (χ1v) is 11.8. The SMILES string of the molecule is O=C1c2ccc(C3CCOCC3)cc2OCCN1CC(O)CN1CCc2ccccc2C1. The maximum Gasteiger partial charge on any atom is 0.257 e. The van der Waals surface area contributed by atoms with Crippen LogP contribution in [0.2, 0.25) is 0 Å². The van der Waals surface area contributed by atoms with Crippen molar-refractivity contribution in [2.45, 2.75) is 37.8 Å². The van der Waals surface area contributed by atoms with Gasteiger partial charge in [0.2, 0.25) is 0 Å². The summed E-state index contributed by atoms with van der Waals surface area (Å²) in [5, 5.41) is 10.8. The van der Waals surface area contributed by atoms with Gasteiger partial charge in [-0.25, -0.2) is 0 Å². The number of benzene rings is 2. The molecule has 1 saturated heterocycles. The van der Waals surface area contributed by atoms with Crippen molar-refractivity contribution >= 4 is 5.91 Å². The largest absolute Gasteiger partial charge is 0.491 e. The van der Waals surface area contributed by atoms with Crippen molar-refractivity contribution in [3.63, 3.8) is 0 Å². The Kier molecular flexibility index (Phi) is 6.44. The van der Waals surface area contributed by atoms with Crippen LogP contribution in [-0.4, -0.2) is 72.9 Å². The molecular weight excluding hydrogens is 404 g/mol. The van der Waals surface area contributed by atoms with Crippen molar-refractivity contribution in [3.8, 4) is 5.75 Å². The van der Waals surface area contributed by atoms with Crippen LogP contribution in [0, 0.1) is 0 Å². The number of amides is 1. The van der Waals surface area contributed by atoms with Gasteiger partial charge in [0, 0.05) is 39.4 Å². The van der Waals surface area contributed by atoms with Gasteiger partial charge < -0.3 is 19.5 Å². The third kappa shape index (κ3) is 4.68. The van der Waals surface area contributed by atoms with Gasteiger partial charge in [-0.05, 0) is 54.0 Å². The molecule has 5 rings (SSSR count). The van der Waals surface area contributed by atoms with Crippen LogP contribution >= 0.6 is 0 Å². The third-order valence-corrected chi connectivity index (χ3v) is 6.94. The molecule has 1 unspecified atom stereocenters. The lowest BCUT2D eigenvalue weighted by Gasteiger charge is -2.32. The summed E-state index contributed by atoms with van der Waals surface area (Å²) in [6.45, 7) is 5.17. The van der Waals surface area contributed by atoms with Crippen molar-refractivity contribution in [2.75, 3.05) is 46.0 Å². The van der Waals surface area contributed by atoms with E-state index in [1.165, 1.54) is 16.7 Å². The molecule has 1 N–H and O–H groups in total. The summed E-state index contributed by atoms with van der Waals surface area (Å²) >= 11 is 0. The molecular formula is C26H32N2O4. The van der Waals surface area contributed by atoms with Crippen LogP contribution in [-0.2, 0) is 17.7 Å². The fourth-order valence-electron chi connectivity index (χ4n) is 5.15. The lowest BCUT2D eigenvalue weighted by Crippen LogP contribution is -2.44. The maximum absolute atomic E-state index is 13.2. The van der Waals surface area contributed by atoms with Crippen molar-refractivity contribution in [2.24, 2.45) is 0 Å². The van der Waals surface area contributed by atoms with Crippen LogP contribution < -0.4 is 4.74 Å². The fraction of sp³-hybridized carbons (Fsp3) is 0.500. The highest BCUT2D eigenvalue weighted by molar-refractivity contribution is 5.97. The summed E-state index contributed by atoms with van der Waals surface area (Å²) < 4.78 is 11.4. The van der Waals surface area contributed by atoms with E-state index >= 15 is 0 Å². The molecule has 0 radical (unpaired) electrons. The molecule has 0 aliphatic carbocycles. The van der Waals surface area contributed by atoms with Gasteiger partial charge in [0.1, 0.15) is 12.4 Å². The predicted octanol–water partition coefficient (Wildman–Crippen LogP) is 2.83. The zero-order chi connectivity index (χ0) is 21.9. The van der Waals surface area contributed by atoms with Crippen LogP contribution in [0.4, 0.5) is 0 Å². The van der Waals surface area contributed by atoms with Gasteiger partial charge >= 0.3 is 0 Å². The highest BCUT2D eigenvalue weighted by Gasteiger charge is 2.28. The number of fused-ring (bicyclic) bond motifs is 2. The number of aliphatic hydroxyl groups is 1. The lowest BCUT2D eigenvalue weighted by atomic mass is 9.91. The molecule has 3 heterocycles. The van der Waals surface area contributed by atoms with Gasteiger partial charge in [-0.3, -0.25) is 9.69 Å². The summed E-state index contributed by atoms with van der Waals surface area (Å²) in [6.07, 6.45) is 2.42. The Balaban J connectivity index is 1.22. The molecule has 3 aliphatic rings. The monoisotopic (exact) mass is 436 g/mol. The van der Waals surface area contributed by atoms with E-state index in [4.69, 9.17) is 9.47 Å². The Morgan fingerprint density at radius 1 is 1.00 bits per heavy atom. The minimum absolute atomic E-state index is 0.0564. The topological polar surface area (TPSA) is 62.2 Å². The van der Waals surface area contributed by atoms with Crippen LogP contribution in [0.25, 0.3) is 0 Å². The Labute approximate surface area is 189 Å². The van der Waals surface area contributed by atoms with Gasteiger partial charge in [0.15, 0.2) is 0 Å². The van der Waals surface area contributed by atoms with Gasteiger partial charge in [-0.1, -0.05) is 30.3 Å². The Morgan fingerprint density at radius 2 is 1.81 bits per heavy atom. The molecule has 2 aromatic carbocycles. The highest BCUT2D eigenvalue weighted by Crippen LogP contribution is 2.32. The first-order valence-electron chi connectivity index (χ1n) is 11.8. The van der Waals surface area contributed by atoms with E-state index in [-0.39, 0.29) is 5.91 Å². The van der Waals surface area contributed by atoms with E-state index in [1.807, 2.05) is 12.1 Å². The molecule has 170 valence electrons. The predicted molar refractivity (Wildman–Crippen MR) is 122 cm³/mol. The standard InChI is InChI=1S/C26H32N2O4/c29-23(17-27-10-7-19-3-1-2-4-22(19)16-27)18-28-11-14-32-25-15-21(5-6-24(25)26(28)30)20-8-12-31-13-9-20/h1-6,15,20,23,29H,7-14,16-18H2. The Bertz CT molecular complexity index is 957. The second kappa shape index (κ2) is 9.61. The van der Waals surface area contributed by atoms with Crippen LogP contribution in [0.5, 0.6) is 5.75 Å². The summed E-state index contributed by atoms with van der Waals surface area (Å²) in [6, 6.07) is 14.5. The average Bonchev–Trinajstić information content (AvgIpc) is 2.98. The second-order valence-electron chi connectivity index (χ2n) is 9.15. The summed E-state index contributed by atoms with van der Waals surface area (Å²) in [7, 11) is 0. The quantitative estimate of drug-likeness (QED) is 0.781. The van der Waals surface area contributed by atoms with Crippen molar-refractivity contribution in [1.82, 2.24) is 9.80 Å². The molecule has 0 spiro atoms. The van der Waals surface area contributed by atoms with E-state index < -0.39 is 6.10 Å². The van der Waals surface area contributed by atoms with Crippen molar-refractivity contribution in [1.29, 1.82) is 0 Å². The number of rotatable bonds is 5. The molecule has 2 aromatic rings. The highest BCUT2D eigenvalue weighted by atomic mass is 16.5. The number of aliphatic hydroxyl groups excluding tert-OH is 1. The molecule has 6 heteroatoms. The molecule has 0 bridgehead atoms. The first kappa shape index (κ1) is 21.4. The second-order valence-corrected chi connectivity index (χ2v) is 9.15. The minimum atomic E-state index is -0.590. The molecule has 3 aliphatic heterocycles.